The van der Waals surface area contributed by atoms with Crippen LogP contribution >= 0.6 is 0 Å². The molecule has 0 atom stereocenters. The average molecular weight is 591 g/mol. The lowest BCUT2D eigenvalue weighted by molar-refractivity contribution is 0.0926. The first-order valence-corrected chi connectivity index (χ1v) is 14.7. The summed E-state index contributed by atoms with van der Waals surface area (Å²) in [6.07, 6.45) is 0. The summed E-state index contributed by atoms with van der Waals surface area (Å²) < 4.78 is 2.03. The summed E-state index contributed by atoms with van der Waals surface area (Å²) in [6, 6.07) is 41.7. The second-order valence-corrected chi connectivity index (χ2v) is 11.0. The predicted octanol–water partition coefficient (Wildman–Crippen LogP) is 10.0. The molecule has 46 heavy (non-hydrogen) atoms. The minimum absolute atomic E-state index is 0.323. The lowest BCUT2D eigenvalue weighted by atomic mass is 9.99. The Bertz CT molecular complexity index is 2500. The normalized spacial score (nSPS) is 12.3. The molecule has 6 nitrogen and oxygen atoms in total. The topological polar surface area (TPSA) is 51.0 Å². The van der Waals surface area contributed by atoms with Crippen molar-refractivity contribution in [3.63, 3.8) is 0 Å². The van der Waals surface area contributed by atoms with E-state index in [-0.39, 0.29) is 5.91 Å². The van der Waals surface area contributed by atoms with Crippen LogP contribution in [0.25, 0.3) is 59.4 Å². The summed E-state index contributed by atoms with van der Waals surface area (Å²) in [5.74, 6) is -0.773. The lowest BCUT2D eigenvalue weighted by Crippen LogP contribution is -2.29. The second kappa shape index (κ2) is 10.4. The van der Waals surface area contributed by atoms with Crippen LogP contribution in [-0.4, -0.2) is 16.4 Å². The van der Waals surface area contributed by atoms with Crippen molar-refractivity contribution < 1.29 is 9.59 Å². The minimum atomic E-state index is -0.396. The average Bonchev–Trinajstić information content (AvgIpc) is 3.59. The molecule has 0 N–H and O–H groups in total. The van der Waals surface area contributed by atoms with Gasteiger partial charge in [0.05, 0.1) is 46.7 Å². The van der Waals surface area contributed by atoms with Crippen LogP contribution in [0.1, 0.15) is 20.7 Å². The summed E-state index contributed by atoms with van der Waals surface area (Å²) in [4.78, 5) is 36.9. The molecule has 0 saturated carbocycles. The van der Waals surface area contributed by atoms with Crippen molar-refractivity contribution in [2.45, 2.75) is 0 Å². The Balaban J connectivity index is 1.37. The Morgan fingerprint density at radius 2 is 1.26 bits per heavy atom. The Hall–Kier alpha value is -6.76. The smallest absolute Gasteiger partial charge is 0.268 e. The van der Waals surface area contributed by atoms with E-state index in [0.717, 1.165) is 38.5 Å². The molecular formula is C40H22N4O2. The molecule has 214 valence electrons. The van der Waals surface area contributed by atoms with Gasteiger partial charge in [0, 0.05) is 10.8 Å². The first-order chi connectivity index (χ1) is 22.6. The Morgan fingerprint density at radius 3 is 2.09 bits per heavy atom. The van der Waals surface area contributed by atoms with Crippen molar-refractivity contribution in [2.24, 2.45) is 0 Å². The third-order valence-corrected chi connectivity index (χ3v) is 8.56. The highest BCUT2D eigenvalue weighted by molar-refractivity contribution is 6.36. The summed E-state index contributed by atoms with van der Waals surface area (Å²) in [5, 5.41) is 1.92. The first kappa shape index (κ1) is 26.8. The summed E-state index contributed by atoms with van der Waals surface area (Å²) in [5.41, 5.74) is 7.54. The van der Waals surface area contributed by atoms with Crippen molar-refractivity contribution in [3.05, 3.63) is 167 Å². The van der Waals surface area contributed by atoms with Gasteiger partial charge in [-0.15, -0.1) is 0 Å². The maximum Gasteiger partial charge on any atom is 0.268 e. The summed E-state index contributed by atoms with van der Waals surface area (Å²) in [7, 11) is 0. The Morgan fingerprint density at radius 1 is 0.543 bits per heavy atom. The van der Waals surface area contributed by atoms with Crippen molar-refractivity contribution >= 4 is 50.7 Å². The van der Waals surface area contributed by atoms with E-state index in [0.29, 0.717) is 39.4 Å². The van der Waals surface area contributed by atoms with E-state index >= 15 is 0 Å². The number of nitrogens with zero attached hydrogens (tertiary/aromatic N) is 4. The number of aromatic nitrogens is 1. The molecule has 2 amide bonds. The number of benzene rings is 6. The summed E-state index contributed by atoms with van der Waals surface area (Å²) >= 11 is 0. The fourth-order valence-electron chi connectivity index (χ4n) is 6.54. The van der Waals surface area contributed by atoms with Gasteiger partial charge in [-0.3, -0.25) is 9.59 Å². The van der Waals surface area contributed by atoms with Crippen molar-refractivity contribution in [3.8, 4) is 27.9 Å². The fourth-order valence-corrected chi connectivity index (χ4v) is 6.54. The first-order valence-electron chi connectivity index (χ1n) is 14.7. The van der Waals surface area contributed by atoms with Crippen LogP contribution in [0.5, 0.6) is 0 Å². The number of rotatable bonds is 4. The Kier molecular flexibility index (Phi) is 6.10. The van der Waals surface area contributed by atoms with E-state index in [2.05, 4.69) is 9.69 Å². The zero-order valence-electron chi connectivity index (χ0n) is 24.3. The number of hydrogen-bond acceptors (Lipinski definition) is 2. The van der Waals surface area contributed by atoms with Crippen LogP contribution in [0.4, 0.5) is 17.1 Å². The molecule has 7 aromatic rings. The molecule has 0 aliphatic carbocycles. The number of para-hydroxylation sites is 2. The highest BCUT2D eigenvalue weighted by Gasteiger charge is 2.39. The number of fused-ring (bicyclic) bond motifs is 4. The molecular weight excluding hydrogens is 568 g/mol. The van der Waals surface area contributed by atoms with Crippen molar-refractivity contribution in [1.29, 1.82) is 0 Å². The molecule has 8 rings (SSSR count). The molecule has 6 aromatic carbocycles. The maximum absolute atomic E-state index is 14.4. The molecule has 0 spiro atoms. The van der Waals surface area contributed by atoms with Crippen LogP contribution in [0, 0.1) is 13.1 Å². The summed E-state index contributed by atoms with van der Waals surface area (Å²) in [6.45, 7) is 15.3. The molecule has 0 radical (unpaired) electrons. The van der Waals surface area contributed by atoms with Crippen LogP contribution < -0.4 is 4.90 Å². The Labute approximate surface area is 264 Å². The molecule has 0 bridgehead atoms. The standard InChI is InChI=1S/C40H22N4O2/c1-41-27-21-22-29(34(24-27)42-2)31-16-9-17-32-30-15-6-7-19-35(30)44(38(31)32)36-20-10-18-33-37(36)40(46)43(39(33)45)28-14-8-13-26(23-28)25-11-4-3-5-12-25/h3-24H. The van der Waals surface area contributed by atoms with Gasteiger partial charge in [0.2, 0.25) is 0 Å². The maximum atomic E-state index is 14.4. The predicted molar refractivity (Wildman–Crippen MR) is 182 cm³/mol. The molecule has 0 unspecified atom stereocenters. The molecule has 1 aliphatic rings. The van der Waals surface area contributed by atoms with E-state index in [4.69, 9.17) is 13.1 Å². The SMILES string of the molecule is [C-]#[N+]c1ccc(-c2cccc3c4ccccc4n(-c4cccc5c4C(=O)N(c4cccc(-c6ccccc6)c4)C5=O)c23)c([N+]#[C-])c1. The monoisotopic (exact) mass is 590 g/mol. The molecule has 0 saturated heterocycles. The van der Waals surface area contributed by atoms with Gasteiger partial charge in [0.1, 0.15) is 0 Å². The second-order valence-electron chi connectivity index (χ2n) is 11.0. The number of anilines is 1. The number of carbonyl (C=O) groups excluding carboxylic acids is 2. The molecule has 1 aromatic heterocycles. The zero-order chi connectivity index (χ0) is 31.4. The number of amides is 2. The number of imide groups is 1. The van der Waals surface area contributed by atoms with Crippen LogP contribution in [0.15, 0.2) is 133 Å². The van der Waals surface area contributed by atoms with E-state index in [1.807, 2.05) is 114 Å². The third kappa shape index (κ3) is 3.95. The molecule has 2 heterocycles. The fraction of sp³-hybridized carbons (Fsp3) is 0. The molecule has 0 fully saturated rings. The zero-order valence-corrected chi connectivity index (χ0v) is 24.3. The van der Waals surface area contributed by atoms with Crippen molar-refractivity contribution in [1.82, 2.24) is 4.57 Å². The van der Waals surface area contributed by atoms with E-state index in [1.54, 1.807) is 24.3 Å². The number of carbonyl (C=O) groups is 2. The quantitative estimate of drug-likeness (QED) is 0.151. The largest absolute Gasteiger partial charge is 0.308 e. The number of hydrogen-bond donors (Lipinski definition) is 0. The van der Waals surface area contributed by atoms with Crippen LogP contribution in [0.3, 0.4) is 0 Å². The van der Waals surface area contributed by atoms with Gasteiger partial charge >= 0.3 is 0 Å². The highest BCUT2D eigenvalue weighted by Crippen LogP contribution is 2.44. The van der Waals surface area contributed by atoms with Gasteiger partial charge in [0.25, 0.3) is 11.8 Å². The van der Waals surface area contributed by atoms with Gasteiger partial charge in [-0.1, -0.05) is 103 Å². The van der Waals surface area contributed by atoms with Crippen LogP contribution in [-0.2, 0) is 0 Å². The lowest BCUT2D eigenvalue weighted by Gasteiger charge is -2.17. The van der Waals surface area contributed by atoms with Gasteiger partial charge < -0.3 is 4.57 Å². The van der Waals surface area contributed by atoms with E-state index in [1.165, 1.54) is 4.90 Å². The van der Waals surface area contributed by atoms with Gasteiger partial charge in [-0.2, -0.15) is 0 Å². The van der Waals surface area contributed by atoms with Gasteiger partial charge in [0.15, 0.2) is 11.4 Å². The van der Waals surface area contributed by atoms with E-state index in [9.17, 15) is 9.59 Å². The third-order valence-electron chi connectivity index (χ3n) is 8.56. The van der Waals surface area contributed by atoms with Gasteiger partial charge in [-0.25, -0.2) is 14.6 Å². The highest BCUT2D eigenvalue weighted by atomic mass is 16.2. The van der Waals surface area contributed by atoms with Crippen molar-refractivity contribution in [2.75, 3.05) is 4.90 Å². The van der Waals surface area contributed by atoms with E-state index < -0.39 is 5.91 Å². The molecule has 1 aliphatic heterocycles. The van der Waals surface area contributed by atoms with Crippen LogP contribution in [0.2, 0.25) is 0 Å². The minimum Gasteiger partial charge on any atom is -0.308 e. The molecule has 6 heteroatoms. The van der Waals surface area contributed by atoms with Gasteiger partial charge in [-0.05, 0) is 52.6 Å².